The van der Waals surface area contributed by atoms with Crippen molar-refractivity contribution in [1.29, 1.82) is 0 Å². The molecule has 1 aromatic rings. The lowest BCUT2D eigenvalue weighted by molar-refractivity contribution is -0.0226. The summed E-state index contributed by atoms with van der Waals surface area (Å²) in [5, 5.41) is 10.5. The van der Waals surface area contributed by atoms with Gasteiger partial charge >= 0.3 is 10.4 Å². The van der Waals surface area contributed by atoms with Crippen LogP contribution in [-0.2, 0) is 16.8 Å². The molecule has 0 aliphatic heterocycles. The van der Waals surface area contributed by atoms with Crippen LogP contribution in [0.2, 0.25) is 0 Å². The lowest BCUT2D eigenvalue weighted by Gasteiger charge is -2.50. The molecule has 0 heterocycles. The number of hydrogen-bond acceptors (Lipinski definition) is 5. The van der Waals surface area contributed by atoms with Gasteiger partial charge in [-0.1, -0.05) is 6.92 Å². The Morgan fingerprint density at radius 2 is 1.92 bits per heavy atom. The third kappa shape index (κ3) is 2.80. The molecule has 3 aliphatic carbocycles. The number of aryl methyl sites for hydroxylation is 1. The Morgan fingerprint density at radius 1 is 1.15 bits per heavy atom. The molecular formula is C19H26O6S. The molecule has 0 amide bonds. The number of fused-ring (bicyclic) bond motifs is 5. The predicted octanol–water partition coefficient (Wildman–Crippen LogP) is 3.09. The molecule has 2 N–H and O–H groups in total. The second-order valence-electron chi connectivity index (χ2n) is 8.27. The number of rotatable bonds is 3. The van der Waals surface area contributed by atoms with E-state index in [2.05, 4.69) is 6.92 Å². The summed E-state index contributed by atoms with van der Waals surface area (Å²) in [4.78, 5) is 0. The topological polar surface area (TPSA) is 93.1 Å². The van der Waals surface area contributed by atoms with E-state index in [0.29, 0.717) is 23.5 Å². The van der Waals surface area contributed by atoms with Crippen LogP contribution in [0.4, 0.5) is 0 Å². The summed E-state index contributed by atoms with van der Waals surface area (Å²) in [5.74, 6) is 1.82. The van der Waals surface area contributed by atoms with Crippen LogP contribution in [0.25, 0.3) is 0 Å². The molecule has 6 nitrogen and oxygen atoms in total. The fraction of sp³-hybridized carbons (Fsp3) is 0.684. The molecule has 0 saturated heterocycles. The Kier molecular flexibility index (Phi) is 4.24. The quantitative estimate of drug-likeness (QED) is 0.781. The Hall–Kier alpha value is -1.31. The van der Waals surface area contributed by atoms with Crippen LogP contribution in [0, 0.1) is 17.3 Å². The molecule has 0 radical (unpaired) electrons. The second kappa shape index (κ2) is 6.11. The van der Waals surface area contributed by atoms with E-state index in [1.165, 1.54) is 12.7 Å². The summed E-state index contributed by atoms with van der Waals surface area (Å²) in [7, 11) is -3.13. The van der Waals surface area contributed by atoms with Crippen molar-refractivity contribution in [3.05, 3.63) is 23.3 Å². The van der Waals surface area contributed by atoms with E-state index in [0.717, 1.165) is 44.1 Å². The summed E-state index contributed by atoms with van der Waals surface area (Å²) in [6.45, 7) is 2.24. The summed E-state index contributed by atoms with van der Waals surface area (Å²) >= 11 is 0. The first-order valence-electron chi connectivity index (χ1n) is 9.28. The molecule has 0 aromatic heterocycles. The maximum atomic E-state index is 11.1. The first kappa shape index (κ1) is 18.1. The van der Waals surface area contributed by atoms with Gasteiger partial charge in [-0.2, -0.15) is 8.42 Å². The number of hydrogen-bond donors (Lipinski definition) is 2. The third-order valence-corrected chi connectivity index (χ3v) is 7.54. The minimum absolute atomic E-state index is 0.0246. The number of aliphatic hydroxyl groups excluding tert-OH is 1. The summed E-state index contributed by atoms with van der Waals surface area (Å²) in [6, 6.07) is 3.57. The van der Waals surface area contributed by atoms with Gasteiger partial charge in [-0.25, -0.2) is 0 Å². The maximum Gasteiger partial charge on any atom is 0.446 e. The monoisotopic (exact) mass is 382 g/mol. The minimum atomic E-state index is -4.59. The van der Waals surface area contributed by atoms with E-state index in [4.69, 9.17) is 13.5 Å². The van der Waals surface area contributed by atoms with E-state index in [1.54, 1.807) is 6.07 Å². The van der Waals surface area contributed by atoms with Gasteiger partial charge in [0.15, 0.2) is 11.5 Å². The molecule has 7 heteroatoms. The van der Waals surface area contributed by atoms with Crippen molar-refractivity contribution in [3.63, 3.8) is 0 Å². The van der Waals surface area contributed by atoms with Crippen molar-refractivity contribution in [1.82, 2.24) is 0 Å². The largest absolute Gasteiger partial charge is 0.493 e. The first-order valence-corrected chi connectivity index (χ1v) is 10.6. The lowest BCUT2D eigenvalue weighted by atomic mass is 9.55. The molecule has 2 fully saturated rings. The van der Waals surface area contributed by atoms with Crippen LogP contribution in [0.1, 0.15) is 56.1 Å². The van der Waals surface area contributed by atoms with Crippen molar-refractivity contribution < 1.29 is 27.0 Å². The fourth-order valence-corrected chi connectivity index (χ4v) is 6.25. The second-order valence-corrected chi connectivity index (χ2v) is 9.29. The summed E-state index contributed by atoms with van der Waals surface area (Å²) in [5.41, 5.74) is 2.29. The summed E-state index contributed by atoms with van der Waals surface area (Å²) in [6.07, 6.45) is 5.66. The Balaban J connectivity index is 1.70. The average Bonchev–Trinajstić information content (AvgIpc) is 2.88. The Bertz CT molecular complexity index is 820. The highest BCUT2D eigenvalue weighted by Gasteiger charge is 2.54. The third-order valence-electron chi connectivity index (χ3n) is 7.15. The Morgan fingerprint density at radius 3 is 2.62 bits per heavy atom. The van der Waals surface area contributed by atoms with Crippen LogP contribution in [0.5, 0.6) is 11.5 Å². The zero-order chi connectivity index (χ0) is 18.7. The number of benzene rings is 1. The standard InChI is InChI=1S/C19H26O6S/c1-19-8-7-12-13(15(19)5-6-18(19)20)4-3-11-9-17(25-26(21,22)23)16(24-2)10-14(11)12/h9-10,12-13,15,18,20H,3-8H2,1-2H3,(H,21,22,23)/t12-,13+,15-,18-,19-/m0/s1. The van der Waals surface area contributed by atoms with Gasteiger partial charge in [0.05, 0.1) is 13.2 Å². The van der Waals surface area contributed by atoms with Gasteiger partial charge in [-0.05, 0) is 85.0 Å². The smallest absolute Gasteiger partial charge is 0.446 e. The zero-order valence-corrected chi connectivity index (χ0v) is 16.0. The normalized spacial score (nSPS) is 36.0. The van der Waals surface area contributed by atoms with Crippen molar-refractivity contribution in [2.45, 2.75) is 57.5 Å². The molecule has 144 valence electrons. The average molecular weight is 382 g/mol. The molecule has 5 atom stereocenters. The molecule has 0 bridgehead atoms. The highest BCUT2D eigenvalue weighted by molar-refractivity contribution is 7.81. The van der Waals surface area contributed by atoms with Gasteiger partial charge < -0.3 is 14.0 Å². The van der Waals surface area contributed by atoms with Crippen molar-refractivity contribution in [3.8, 4) is 11.5 Å². The molecule has 2 saturated carbocycles. The van der Waals surface area contributed by atoms with Crippen LogP contribution in [-0.4, -0.2) is 31.3 Å². The van der Waals surface area contributed by atoms with Crippen molar-refractivity contribution >= 4 is 10.4 Å². The lowest BCUT2D eigenvalue weighted by Crippen LogP contribution is -2.43. The van der Waals surface area contributed by atoms with Gasteiger partial charge in [-0.3, -0.25) is 4.55 Å². The molecule has 1 aromatic carbocycles. The van der Waals surface area contributed by atoms with E-state index in [-0.39, 0.29) is 17.3 Å². The van der Waals surface area contributed by atoms with Gasteiger partial charge in [0.25, 0.3) is 0 Å². The maximum absolute atomic E-state index is 11.1. The summed E-state index contributed by atoms with van der Waals surface area (Å²) < 4.78 is 41.2. The van der Waals surface area contributed by atoms with Gasteiger partial charge in [0, 0.05) is 0 Å². The van der Waals surface area contributed by atoms with E-state index in [9.17, 15) is 13.5 Å². The molecule has 4 rings (SSSR count). The van der Waals surface area contributed by atoms with E-state index in [1.807, 2.05) is 6.07 Å². The van der Waals surface area contributed by atoms with Crippen molar-refractivity contribution in [2.24, 2.45) is 17.3 Å². The molecular weight excluding hydrogens is 356 g/mol. The highest BCUT2D eigenvalue weighted by Crippen LogP contribution is 2.61. The molecule has 0 spiro atoms. The predicted molar refractivity (Wildman–Crippen MR) is 95.8 cm³/mol. The van der Waals surface area contributed by atoms with Gasteiger partial charge in [0.2, 0.25) is 0 Å². The van der Waals surface area contributed by atoms with E-state index >= 15 is 0 Å². The van der Waals surface area contributed by atoms with Gasteiger partial charge in [-0.15, -0.1) is 0 Å². The van der Waals surface area contributed by atoms with Gasteiger partial charge in [0.1, 0.15) is 0 Å². The van der Waals surface area contributed by atoms with Crippen LogP contribution in [0.15, 0.2) is 12.1 Å². The molecule has 0 unspecified atom stereocenters. The fourth-order valence-electron chi connectivity index (χ4n) is 5.89. The molecule has 3 aliphatic rings. The first-order chi connectivity index (χ1) is 12.2. The SMILES string of the molecule is COc1cc2c(cc1OS(=O)(=O)O)CC[C@@H]1[C@@H]2CC[C@]2(C)[C@@H](O)CC[C@@H]12. The highest BCUT2D eigenvalue weighted by atomic mass is 32.3. The minimum Gasteiger partial charge on any atom is -0.493 e. The van der Waals surface area contributed by atoms with Crippen LogP contribution >= 0.6 is 0 Å². The number of aliphatic hydroxyl groups is 1. The molecule has 26 heavy (non-hydrogen) atoms. The number of ether oxygens (including phenoxy) is 1. The number of methoxy groups -OCH3 is 1. The van der Waals surface area contributed by atoms with Crippen LogP contribution in [0.3, 0.4) is 0 Å². The van der Waals surface area contributed by atoms with E-state index < -0.39 is 10.4 Å². The van der Waals surface area contributed by atoms with Crippen LogP contribution < -0.4 is 8.92 Å². The zero-order valence-electron chi connectivity index (χ0n) is 15.1. The van der Waals surface area contributed by atoms with Crippen molar-refractivity contribution in [2.75, 3.05) is 7.11 Å². The Labute approximate surface area is 154 Å².